The molecule has 1 aliphatic heterocycles. The zero-order chi connectivity index (χ0) is 13.7. The number of pyridine rings is 1. The van der Waals surface area contributed by atoms with E-state index in [0.29, 0.717) is 0 Å². The Labute approximate surface area is 132 Å². The number of hydrogen-bond donors (Lipinski definition) is 1. The summed E-state index contributed by atoms with van der Waals surface area (Å²) in [6.07, 6.45) is 4.47. The second-order valence-electron chi connectivity index (χ2n) is 5.10. The minimum Gasteiger partial charge on any atom is -0.317 e. The number of rotatable bonds is 5. The lowest BCUT2D eigenvalue weighted by atomic mass is 9.97. The Morgan fingerprint density at radius 1 is 1.37 bits per heavy atom. The van der Waals surface area contributed by atoms with Crippen molar-refractivity contribution in [2.24, 2.45) is 5.92 Å². The summed E-state index contributed by atoms with van der Waals surface area (Å²) in [5, 5.41) is 3.43. The van der Waals surface area contributed by atoms with Crippen LogP contribution in [0.25, 0.3) is 0 Å². The quantitative estimate of drug-likeness (QED) is 0.834. The summed E-state index contributed by atoms with van der Waals surface area (Å²) in [5.41, 5.74) is 1.12. The Balaban J connectivity index is 1.94. The van der Waals surface area contributed by atoms with E-state index in [1.807, 2.05) is 6.20 Å². The molecule has 0 spiro atoms. The third-order valence-electron chi connectivity index (χ3n) is 3.68. The summed E-state index contributed by atoms with van der Waals surface area (Å²) < 4.78 is 2.11. The number of piperidine rings is 1. The van der Waals surface area contributed by atoms with Crippen molar-refractivity contribution < 1.29 is 0 Å². The molecule has 19 heavy (non-hydrogen) atoms. The van der Waals surface area contributed by atoms with E-state index >= 15 is 0 Å². The average molecular weight is 391 g/mol. The van der Waals surface area contributed by atoms with E-state index < -0.39 is 0 Å². The van der Waals surface area contributed by atoms with Gasteiger partial charge < -0.3 is 5.32 Å². The van der Waals surface area contributed by atoms with Gasteiger partial charge in [0.25, 0.3) is 0 Å². The number of halogens is 2. The van der Waals surface area contributed by atoms with Crippen molar-refractivity contribution >= 4 is 31.9 Å². The fourth-order valence-electron chi connectivity index (χ4n) is 2.51. The normalized spacial score (nSPS) is 17.1. The van der Waals surface area contributed by atoms with Gasteiger partial charge in [0.1, 0.15) is 0 Å². The van der Waals surface area contributed by atoms with Crippen LogP contribution in [0, 0.1) is 5.92 Å². The maximum atomic E-state index is 4.51. The first kappa shape index (κ1) is 15.4. The lowest BCUT2D eigenvalue weighted by Crippen LogP contribution is -2.36. The second-order valence-corrected chi connectivity index (χ2v) is 6.87. The van der Waals surface area contributed by atoms with Gasteiger partial charge in [0, 0.05) is 28.2 Å². The number of hydrogen-bond acceptors (Lipinski definition) is 3. The van der Waals surface area contributed by atoms with Gasteiger partial charge in [-0.2, -0.15) is 0 Å². The van der Waals surface area contributed by atoms with Crippen molar-refractivity contribution in [3.8, 4) is 0 Å². The molecule has 0 aromatic carbocycles. The van der Waals surface area contributed by atoms with E-state index in [1.165, 1.54) is 32.5 Å². The summed E-state index contributed by atoms with van der Waals surface area (Å²) in [6.45, 7) is 7.75. The molecule has 0 aliphatic carbocycles. The summed E-state index contributed by atoms with van der Waals surface area (Å²) in [5.74, 6) is 0.829. The van der Waals surface area contributed by atoms with Crippen LogP contribution in [0.3, 0.4) is 0 Å². The Bertz CT molecular complexity index is 406. The van der Waals surface area contributed by atoms with E-state index in [1.54, 1.807) is 0 Å². The van der Waals surface area contributed by atoms with E-state index in [2.05, 4.69) is 60.1 Å². The first-order valence-electron chi connectivity index (χ1n) is 6.92. The van der Waals surface area contributed by atoms with Crippen molar-refractivity contribution in [1.82, 2.24) is 15.2 Å². The van der Waals surface area contributed by atoms with E-state index in [-0.39, 0.29) is 0 Å². The molecule has 1 N–H and O–H groups in total. The molecular formula is C14H21Br2N3. The molecule has 1 saturated heterocycles. The van der Waals surface area contributed by atoms with Crippen LogP contribution >= 0.6 is 31.9 Å². The van der Waals surface area contributed by atoms with Gasteiger partial charge in [-0.15, -0.1) is 0 Å². The molecule has 2 heterocycles. The molecule has 0 saturated carbocycles. The SMILES string of the molecule is CCN(Cc1ncc(Br)cc1Br)CC1CCNCC1. The molecule has 5 heteroatoms. The maximum Gasteiger partial charge on any atom is 0.0686 e. The molecule has 1 aromatic heterocycles. The Morgan fingerprint density at radius 2 is 2.11 bits per heavy atom. The van der Waals surface area contributed by atoms with E-state index in [4.69, 9.17) is 0 Å². The molecule has 0 bridgehead atoms. The van der Waals surface area contributed by atoms with Crippen molar-refractivity contribution in [3.63, 3.8) is 0 Å². The summed E-state index contributed by atoms with van der Waals surface area (Å²) in [7, 11) is 0. The van der Waals surface area contributed by atoms with Gasteiger partial charge in [-0.1, -0.05) is 6.92 Å². The van der Waals surface area contributed by atoms with Gasteiger partial charge in [-0.25, -0.2) is 0 Å². The fraction of sp³-hybridized carbons (Fsp3) is 0.643. The minimum atomic E-state index is 0.829. The van der Waals surface area contributed by atoms with E-state index in [9.17, 15) is 0 Å². The molecule has 2 rings (SSSR count). The molecule has 3 nitrogen and oxygen atoms in total. The Kier molecular flexibility index (Phi) is 6.26. The largest absolute Gasteiger partial charge is 0.317 e. The highest BCUT2D eigenvalue weighted by atomic mass is 79.9. The molecule has 1 aromatic rings. The highest BCUT2D eigenvalue weighted by molar-refractivity contribution is 9.11. The fourth-order valence-corrected chi connectivity index (χ4v) is 3.62. The summed E-state index contributed by atoms with van der Waals surface area (Å²) in [6, 6.07) is 2.07. The topological polar surface area (TPSA) is 28.2 Å². The predicted octanol–water partition coefficient (Wildman–Crippen LogP) is 3.43. The zero-order valence-electron chi connectivity index (χ0n) is 11.3. The van der Waals surface area contributed by atoms with Crippen LogP contribution in [0.5, 0.6) is 0 Å². The van der Waals surface area contributed by atoms with Gasteiger partial charge in [-0.05, 0) is 76.3 Å². The molecular weight excluding hydrogens is 370 g/mol. The lowest BCUT2D eigenvalue weighted by Gasteiger charge is -2.29. The highest BCUT2D eigenvalue weighted by Crippen LogP contribution is 2.22. The molecule has 0 radical (unpaired) electrons. The number of nitrogens with zero attached hydrogens (tertiary/aromatic N) is 2. The van der Waals surface area contributed by atoms with Crippen LogP contribution in [-0.2, 0) is 6.54 Å². The monoisotopic (exact) mass is 389 g/mol. The van der Waals surface area contributed by atoms with Crippen molar-refractivity contribution in [2.45, 2.75) is 26.3 Å². The van der Waals surface area contributed by atoms with Gasteiger partial charge in [0.05, 0.1) is 5.69 Å². The van der Waals surface area contributed by atoms with Gasteiger partial charge in [0.15, 0.2) is 0 Å². The molecule has 1 fully saturated rings. The van der Waals surface area contributed by atoms with E-state index in [0.717, 1.165) is 33.6 Å². The van der Waals surface area contributed by atoms with Crippen LogP contribution in [-0.4, -0.2) is 36.1 Å². The van der Waals surface area contributed by atoms with Gasteiger partial charge in [0.2, 0.25) is 0 Å². The molecule has 0 atom stereocenters. The van der Waals surface area contributed by atoms with Gasteiger partial charge in [-0.3, -0.25) is 9.88 Å². The Morgan fingerprint density at radius 3 is 2.74 bits per heavy atom. The predicted molar refractivity (Wildman–Crippen MR) is 86.2 cm³/mol. The smallest absolute Gasteiger partial charge is 0.0686 e. The van der Waals surface area contributed by atoms with Crippen LogP contribution < -0.4 is 5.32 Å². The standard InChI is InChI=1S/C14H21Br2N3/c1-2-19(9-11-3-5-17-6-4-11)10-14-13(16)7-12(15)8-18-14/h7-8,11,17H,2-6,9-10H2,1H3. The zero-order valence-corrected chi connectivity index (χ0v) is 14.5. The van der Waals surface area contributed by atoms with Crippen LogP contribution in [0.2, 0.25) is 0 Å². The lowest BCUT2D eigenvalue weighted by molar-refractivity contribution is 0.205. The third kappa shape index (κ3) is 4.81. The van der Waals surface area contributed by atoms with Crippen LogP contribution in [0.1, 0.15) is 25.5 Å². The molecule has 106 valence electrons. The first-order valence-corrected chi connectivity index (χ1v) is 8.50. The second kappa shape index (κ2) is 7.72. The number of aromatic nitrogens is 1. The maximum absolute atomic E-state index is 4.51. The first-order chi connectivity index (χ1) is 9.19. The van der Waals surface area contributed by atoms with Crippen molar-refractivity contribution in [2.75, 3.05) is 26.2 Å². The number of nitrogens with one attached hydrogen (secondary N) is 1. The van der Waals surface area contributed by atoms with Crippen LogP contribution in [0.4, 0.5) is 0 Å². The van der Waals surface area contributed by atoms with Gasteiger partial charge >= 0.3 is 0 Å². The highest BCUT2D eigenvalue weighted by Gasteiger charge is 2.17. The molecule has 1 aliphatic rings. The third-order valence-corrected chi connectivity index (χ3v) is 4.80. The van der Waals surface area contributed by atoms with Crippen molar-refractivity contribution in [1.29, 1.82) is 0 Å². The van der Waals surface area contributed by atoms with Crippen molar-refractivity contribution in [3.05, 3.63) is 26.9 Å². The average Bonchev–Trinajstić information content (AvgIpc) is 2.42. The summed E-state index contributed by atoms with van der Waals surface area (Å²) in [4.78, 5) is 7.01. The summed E-state index contributed by atoms with van der Waals surface area (Å²) >= 11 is 7.05. The van der Waals surface area contributed by atoms with Crippen LogP contribution in [0.15, 0.2) is 21.2 Å². The minimum absolute atomic E-state index is 0.829. The Hall–Kier alpha value is 0.0300. The molecule has 0 unspecified atom stereocenters. The molecule has 0 amide bonds.